The van der Waals surface area contributed by atoms with Gasteiger partial charge in [-0.15, -0.1) is 0 Å². The molecule has 0 aromatic carbocycles. The first-order valence-corrected chi connectivity index (χ1v) is 7.20. The second-order valence-electron chi connectivity index (χ2n) is 6.66. The van der Waals surface area contributed by atoms with E-state index in [0.717, 1.165) is 30.1 Å². The molecule has 1 nitrogen and oxygen atoms in total. The molecular weight excluding hydrogens is 196 g/mol. The highest BCUT2D eigenvalue weighted by atomic mass is 16.3. The molecule has 94 valence electrons. The van der Waals surface area contributed by atoms with Crippen LogP contribution >= 0.6 is 0 Å². The van der Waals surface area contributed by atoms with E-state index in [0.29, 0.717) is 12.0 Å². The number of hydrogen-bond acceptors (Lipinski definition) is 1. The smallest absolute Gasteiger partial charge is 0.0433 e. The van der Waals surface area contributed by atoms with Gasteiger partial charge in [-0.1, -0.05) is 40.0 Å². The molecule has 2 unspecified atom stereocenters. The van der Waals surface area contributed by atoms with Gasteiger partial charge in [0.2, 0.25) is 0 Å². The molecule has 0 bridgehead atoms. The normalized spacial score (nSPS) is 48.8. The Morgan fingerprint density at radius 2 is 1.88 bits per heavy atom. The van der Waals surface area contributed by atoms with E-state index in [1.54, 1.807) is 0 Å². The summed E-state index contributed by atoms with van der Waals surface area (Å²) in [5.41, 5.74) is 0.526. The molecule has 2 aliphatic carbocycles. The molecule has 2 fully saturated rings. The zero-order valence-corrected chi connectivity index (χ0v) is 11.2. The SMILES string of the molecule is CC1CCC[C@@]2(C)C1CC[C@H](C)[C@@H]2CCO. The number of fused-ring (bicyclic) bond motifs is 1. The first kappa shape index (κ1) is 12.4. The van der Waals surface area contributed by atoms with Crippen LogP contribution in [0.3, 0.4) is 0 Å². The van der Waals surface area contributed by atoms with Crippen LogP contribution in [0.25, 0.3) is 0 Å². The maximum absolute atomic E-state index is 9.31. The van der Waals surface area contributed by atoms with E-state index in [1.165, 1.54) is 32.1 Å². The fraction of sp³-hybridized carbons (Fsp3) is 1.00. The van der Waals surface area contributed by atoms with Crippen molar-refractivity contribution in [2.24, 2.45) is 29.1 Å². The molecule has 2 rings (SSSR count). The van der Waals surface area contributed by atoms with Gasteiger partial charge in [0.1, 0.15) is 0 Å². The van der Waals surface area contributed by atoms with Gasteiger partial charge in [0.05, 0.1) is 0 Å². The van der Waals surface area contributed by atoms with Crippen LogP contribution in [0, 0.1) is 29.1 Å². The third kappa shape index (κ3) is 1.92. The summed E-state index contributed by atoms with van der Waals surface area (Å²) in [6.07, 6.45) is 8.08. The summed E-state index contributed by atoms with van der Waals surface area (Å²) in [6.45, 7) is 7.75. The van der Waals surface area contributed by atoms with Crippen molar-refractivity contribution in [2.45, 2.75) is 59.3 Å². The summed E-state index contributed by atoms with van der Waals surface area (Å²) in [5.74, 6) is 3.42. The molecule has 0 aliphatic heterocycles. The first-order chi connectivity index (χ1) is 7.59. The van der Waals surface area contributed by atoms with Crippen molar-refractivity contribution < 1.29 is 5.11 Å². The van der Waals surface area contributed by atoms with Crippen molar-refractivity contribution in [3.05, 3.63) is 0 Å². The van der Waals surface area contributed by atoms with Crippen LogP contribution in [-0.4, -0.2) is 11.7 Å². The fourth-order valence-electron chi connectivity index (χ4n) is 4.96. The maximum Gasteiger partial charge on any atom is 0.0433 e. The lowest BCUT2D eigenvalue weighted by molar-refractivity contribution is -0.0644. The van der Waals surface area contributed by atoms with Gasteiger partial charge in [0.25, 0.3) is 0 Å². The summed E-state index contributed by atoms with van der Waals surface area (Å²) >= 11 is 0. The lowest BCUT2D eigenvalue weighted by Gasteiger charge is -2.55. The van der Waals surface area contributed by atoms with E-state index in [1.807, 2.05) is 0 Å². The summed E-state index contributed by atoms with van der Waals surface area (Å²) in [6, 6.07) is 0. The van der Waals surface area contributed by atoms with Gasteiger partial charge < -0.3 is 5.11 Å². The van der Waals surface area contributed by atoms with Gasteiger partial charge >= 0.3 is 0 Å². The monoisotopic (exact) mass is 224 g/mol. The van der Waals surface area contributed by atoms with Crippen molar-refractivity contribution in [3.63, 3.8) is 0 Å². The Kier molecular flexibility index (Phi) is 3.63. The van der Waals surface area contributed by atoms with E-state index >= 15 is 0 Å². The molecular formula is C15H28O. The molecule has 0 aromatic heterocycles. The van der Waals surface area contributed by atoms with Crippen LogP contribution in [0.15, 0.2) is 0 Å². The van der Waals surface area contributed by atoms with E-state index in [-0.39, 0.29) is 0 Å². The molecule has 0 radical (unpaired) electrons. The molecule has 0 heterocycles. The Balaban J connectivity index is 2.21. The molecule has 0 amide bonds. The number of rotatable bonds is 2. The molecule has 1 heteroatoms. The molecule has 0 spiro atoms. The third-order valence-corrected chi connectivity index (χ3v) is 5.82. The predicted octanol–water partition coefficient (Wildman–Crippen LogP) is 3.86. The van der Waals surface area contributed by atoms with Gasteiger partial charge in [0, 0.05) is 6.61 Å². The number of aliphatic hydroxyl groups is 1. The standard InChI is InChI=1S/C15H28O/c1-11-5-4-9-15(3)13(11)7-6-12(2)14(15)8-10-16/h11-14,16H,4-10H2,1-3H3/t11?,12-,13?,14-,15-/m0/s1. The Labute approximate surface area is 101 Å². The average molecular weight is 224 g/mol. The summed E-state index contributed by atoms with van der Waals surface area (Å²) in [4.78, 5) is 0. The molecule has 0 saturated heterocycles. The maximum atomic E-state index is 9.31. The van der Waals surface area contributed by atoms with Crippen molar-refractivity contribution in [3.8, 4) is 0 Å². The van der Waals surface area contributed by atoms with Crippen LogP contribution in [-0.2, 0) is 0 Å². The second-order valence-corrected chi connectivity index (χ2v) is 6.66. The minimum Gasteiger partial charge on any atom is -0.396 e. The largest absolute Gasteiger partial charge is 0.396 e. The summed E-state index contributed by atoms with van der Waals surface area (Å²) in [5, 5.41) is 9.31. The number of hydrogen-bond donors (Lipinski definition) is 1. The lowest BCUT2D eigenvalue weighted by Crippen LogP contribution is -2.47. The van der Waals surface area contributed by atoms with Gasteiger partial charge in [-0.25, -0.2) is 0 Å². The molecule has 1 N–H and O–H groups in total. The molecule has 0 aromatic rings. The summed E-state index contributed by atoms with van der Waals surface area (Å²) in [7, 11) is 0. The van der Waals surface area contributed by atoms with E-state index in [9.17, 15) is 5.11 Å². The minimum atomic E-state index is 0.381. The van der Waals surface area contributed by atoms with Crippen molar-refractivity contribution >= 4 is 0 Å². The zero-order chi connectivity index (χ0) is 11.8. The Morgan fingerprint density at radius 3 is 2.56 bits per heavy atom. The second kappa shape index (κ2) is 4.68. The highest BCUT2D eigenvalue weighted by Gasteiger charge is 2.49. The van der Waals surface area contributed by atoms with Gasteiger partial charge in [0.15, 0.2) is 0 Å². The van der Waals surface area contributed by atoms with E-state index < -0.39 is 0 Å². The predicted molar refractivity (Wildman–Crippen MR) is 68.2 cm³/mol. The lowest BCUT2D eigenvalue weighted by atomic mass is 9.50. The quantitative estimate of drug-likeness (QED) is 0.755. The summed E-state index contributed by atoms with van der Waals surface area (Å²) < 4.78 is 0. The van der Waals surface area contributed by atoms with Crippen molar-refractivity contribution in [1.82, 2.24) is 0 Å². The number of aliphatic hydroxyl groups excluding tert-OH is 1. The van der Waals surface area contributed by atoms with Crippen molar-refractivity contribution in [2.75, 3.05) is 6.61 Å². The van der Waals surface area contributed by atoms with Crippen LogP contribution < -0.4 is 0 Å². The molecule has 5 atom stereocenters. The fourth-order valence-corrected chi connectivity index (χ4v) is 4.96. The van der Waals surface area contributed by atoms with Gasteiger partial charge in [-0.2, -0.15) is 0 Å². The van der Waals surface area contributed by atoms with Crippen LogP contribution in [0.2, 0.25) is 0 Å². The third-order valence-electron chi connectivity index (χ3n) is 5.82. The first-order valence-electron chi connectivity index (χ1n) is 7.20. The Hall–Kier alpha value is -0.0400. The Bertz CT molecular complexity index is 238. The van der Waals surface area contributed by atoms with E-state index in [2.05, 4.69) is 20.8 Å². The highest BCUT2D eigenvalue weighted by molar-refractivity contribution is 4.98. The minimum absolute atomic E-state index is 0.381. The average Bonchev–Trinajstić information content (AvgIpc) is 2.23. The molecule has 2 saturated carbocycles. The molecule has 16 heavy (non-hydrogen) atoms. The van der Waals surface area contributed by atoms with Crippen LogP contribution in [0.1, 0.15) is 59.3 Å². The topological polar surface area (TPSA) is 20.2 Å². The van der Waals surface area contributed by atoms with Gasteiger partial charge in [-0.3, -0.25) is 0 Å². The van der Waals surface area contributed by atoms with E-state index in [4.69, 9.17) is 0 Å². The van der Waals surface area contributed by atoms with Gasteiger partial charge in [-0.05, 0) is 48.3 Å². The van der Waals surface area contributed by atoms with Crippen molar-refractivity contribution in [1.29, 1.82) is 0 Å². The van der Waals surface area contributed by atoms with Crippen LogP contribution in [0.5, 0.6) is 0 Å². The van der Waals surface area contributed by atoms with Crippen LogP contribution in [0.4, 0.5) is 0 Å². The molecule has 2 aliphatic rings. The highest BCUT2D eigenvalue weighted by Crippen LogP contribution is 2.57. The Morgan fingerprint density at radius 1 is 1.12 bits per heavy atom. The zero-order valence-electron chi connectivity index (χ0n) is 11.2.